The molecule has 7 nitrogen and oxygen atoms in total. The molecular weight excluding hydrogens is 298 g/mol. The van der Waals surface area contributed by atoms with Crippen LogP contribution in [0.25, 0.3) is 0 Å². The van der Waals surface area contributed by atoms with Gasteiger partial charge in [0.1, 0.15) is 11.1 Å². The van der Waals surface area contributed by atoms with Gasteiger partial charge in [0.15, 0.2) is 6.10 Å². The highest BCUT2D eigenvalue weighted by molar-refractivity contribution is 7.14. The van der Waals surface area contributed by atoms with Crippen molar-refractivity contribution in [3.8, 4) is 0 Å². The molecule has 0 radical (unpaired) electrons. The number of carboxylic acid groups (broad SMARTS) is 1. The van der Waals surface area contributed by atoms with Crippen LogP contribution in [-0.2, 0) is 19.1 Å². The number of rotatable bonds is 5. The van der Waals surface area contributed by atoms with E-state index in [9.17, 15) is 14.4 Å². The van der Waals surface area contributed by atoms with Gasteiger partial charge in [-0.25, -0.2) is 9.59 Å². The Hall–Kier alpha value is -1.93. The van der Waals surface area contributed by atoms with Gasteiger partial charge in [-0.3, -0.25) is 4.79 Å². The Kier molecular flexibility index (Phi) is 4.92. The number of ether oxygens (including phenoxy) is 2. The first-order valence-corrected chi connectivity index (χ1v) is 7.34. The van der Waals surface area contributed by atoms with Crippen molar-refractivity contribution in [3.05, 3.63) is 17.0 Å². The second-order valence-electron chi connectivity index (χ2n) is 4.40. The second kappa shape index (κ2) is 6.68. The molecule has 2 atom stereocenters. The van der Waals surface area contributed by atoms with Gasteiger partial charge >= 0.3 is 11.9 Å². The van der Waals surface area contributed by atoms with Gasteiger partial charge in [-0.15, -0.1) is 11.3 Å². The van der Waals surface area contributed by atoms with E-state index in [0.717, 1.165) is 0 Å². The standard InChI is InChI=1S/C13H15NO6S/c1-2-19-13(18)7-5-6-21-11(7)14-10(15)8-3-4-9(20-8)12(16)17/h5-6,8-9H,2-4H2,1H3,(H,14,15)(H,16,17). The highest BCUT2D eigenvalue weighted by Crippen LogP contribution is 2.26. The van der Waals surface area contributed by atoms with Crippen LogP contribution in [0.1, 0.15) is 30.1 Å². The molecule has 0 bridgehead atoms. The summed E-state index contributed by atoms with van der Waals surface area (Å²) in [6.45, 7) is 1.94. The minimum Gasteiger partial charge on any atom is -0.479 e. The number of carbonyl (C=O) groups is 3. The summed E-state index contributed by atoms with van der Waals surface area (Å²) in [6.07, 6.45) is -1.14. The number of carboxylic acids is 1. The molecule has 1 amide bonds. The van der Waals surface area contributed by atoms with Gasteiger partial charge in [-0.2, -0.15) is 0 Å². The van der Waals surface area contributed by atoms with Crippen molar-refractivity contribution >= 4 is 34.2 Å². The predicted molar refractivity (Wildman–Crippen MR) is 74.4 cm³/mol. The van der Waals surface area contributed by atoms with E-state index in [1.54, 1.807) is 18.4 Å². The molecule has 2 heterocycles. The first kappa shape index (κ1) is 15.5. The lowest BCUT2D eigenvalue weighted by atomic mass is 10.2. The fourth-order valence-electron chi connectivity index (χ4n) is 1.98. The van der Waals surface area contributed by atoms with Crippen LogP contribution in [-0.4, -0.2) is 41.8 Å². The van der Waals surface area contributed by atoms with E-state index in [2.05, 4.69) is 5.32 Å². The van der Waals surface area contributed by atoms with Crippen molar-refractivity contribution in [2.24, 2.45) is 0 Å². The van der Waals surface area contributed by atoms with Gasteiger partial charge in [0.2, 0.25) is 0 Å². The van der Waals surface area contributed by atoms with Crippen LogP contribution in [0, 0.1) is 0 Å². The fourth-order valence-corrected chi connectivity index (χ4v) is 2.76. The van der Waals surface area contributed by atoms with Crippen LogP contribution in [0.2, 0.25) is 0 Å². The number of amides is 1. The number of nitrogens with one attached hydrogen (secondary N) is 1. The zero-order valence-corrected chi connectivity index (χ0v) is 12.1. The van der Waals surface area contributed by atoms with Crippen molar-refractivity contribution in [3.63, 3.8) is 0 Å². The molecule has 1 aliphatic rings. The summed E-state index contributed by atoms with van der Waals surface area (Å²) in [5, 5.41) is 13.5. The maximum atomic E-state index is 12.0. The van der Waals surface area contributed by atoms with Crippen molar-refractivity contribution in [1.82, 2.24) is 0 Å². The number of carbonyl (C=O) groups excluding carboxylic acids is 2. The summed E-state index contributed by atoms with van der Waals surface area (Å²) < 4.78 is 10.0. The summed E-state index contributed by atoms with van der Waals surface area (Å²) in [4.78, 5) is 34.5. The van der Waals surface area contributed by atoms with Gasteiger partial charge in [0, 0.05) is 0 Å². The zero-order chi connectivity index (χ0) is 15.4. The Morgan fingerprint density at radius 3 is 2.76 bits per heavy atom. The fraction of sp³-hybridized carbons (Fsp3) is 0.462. The van der Waals surface area contributed by atoms with Gasteiger partial charge in [-0.1, -0.05) is 0 Å². The molecule has 2 N–H and O–H groups in total. The van der Waals surface area contributed by atoms with E-state index in [0.29, 0.717) is 17.8 Å². The Balaban J connectivity index is 1.99. The summed E-state index contributed by atoms with van der Waals surface area (Å²) in [5.74, 6) is -2.04. The van der Waals surface area contributed by atoms with E-state index in [1.165, 1.54) is 11.3 Å². The Morgan fingerprint density at radius 2 is 2.14 bits per heavy atom. The molecule has 21 heavy (non-hydrogen) atoms. The lowest BCUT2D eigenvalue weighted by Gasteiger charge is -2.11. The van der Waals surface area contributed by atoms with Crippen molar-refractivity contribution in [2.75, 3.05) is 11.9 Å². The monoisotopic (exact) mass is 313 g/mol. The molecule has 0 aromatic carbocycles. The number of aliphatic carboxylic acids is 1. The van der Waals surface area contributed by atoms with Crippen LogP contribution in [0.15, 0.2) is 11.4 Å². The average molecular weight is 313 g/mol. The normalized spacial score (nSPS) is 21.0. The third-order valence-corrected chi connectivity index (χ3v) is 3.81. The minimum atomic E-state index is -1.08. The molecule has 2 rings (SSSR count). The molecule has 1 aromatic heterocycles. The van der Waals surface area contributed by atoms with E-state index >= 15 is 0 Å². The SMILES string of the molecule is CCOC(=O)c1ccsc1NC(=O)C1CCC(C(=O)O)O1. The summed E-state index contributed by atoms with van der Waals surface area (Å²) in [6, 6.07) is 1.56. The summed E-state index contributed by atoms with van der Waals surface area (Å²) in [7, 11) is 0. The molecule has 0 spiro atoms. The first-order valence-electron chi connectivity index (χ1n) is 6.46. The Labute approximate surface area is 124 Å². The number of anilines is 1. The highest BCUT2D eigenvalue weighted by Gasteiger charge is 2.35. The number of hydrogen-bond acceptors (Lipinski definition) is 6. The maximum absolute atomic E-state index is 12.0. The van der Waals surface area contributed by atoms with Crippen molar-refractivity contribution in [2.45, 2.75) is 32.0 Å². The average Bonchev–Trinajstić information content (AvgIpc) is 3.07. The second-order valence-corrected chi connectivity index (χ2v) is 5.32. The number of thiophene rings is 1. The van der Waals surface area contributed by atoms with E-state index in [1.807, 2.05) is 0 Å². The molecule has 8 heteroatoms. The molecule has 1 aliphatic heterocycles. The van der Waals surface area contributed by atoms with Crippen LogP contribution in [0.4, 0.5) is 5.00 Å². The molecular formula is C13H15NO6S. The smallest absolute Gasteiger partial charge is 0.341 e. The van der Waals surface area contributed by atoms with Crippen molar-refractivity contribution in [1.29, 1.82) is 0 Å². The molecule has 1 aromatic rings. The van der Waals surface area contributed by atoms with Gasteiger partial charge < -0.3 is 19.9 Å². The lowest BCUT2D eigenvalue weighted by molar-refractivity contribution is -0.150. The lowest BCUT2D eigenvalue weighted by Crippen LogP contribution is -2.30. The third-order valence-electron chi connectivity index (χ3n) is 2.98. The summed E-state index contributed by atoms with van der Waals surface area (Å²) in [5.41, 5.74) is 0.281. The topological polar surface area (TPSA) is 102 Å². The minimum absolute atomic E-state index is 0.244. The zero-order valence-electron chi connectivity index (χ0n) is 11.3. The molecule has 0 aliphatic carbocycles. The molecule has 1 saturated heterocycles. The third kappa shape index (κ3) is 3.59. The predicted octanol–water partition coefficient (Wildman–Crippen LogP) is 1.50. The summed E-state index contributed by atoms with van der Waals surface area (Å²) >= 11 is 1.19. The molecule has 114 valence electrons. The number of esters is 1. The Morgan fingerprint density at radius 1 is 1.43 bits per heavy atom. The maximum Gasteiger partial charge on any atom is 0.341 e. The van der Waals surface area contributed by atoms with Crippen LogP contribution in [0.3, 0.4) is 0 Å². The van der Waals surface area contributed by atoms with Gasteiger partial charge in [0.25, 0.3) is 5.91 Å². The van der Waals surface area contributed by atoms with E-state index in [-0.39, 0.29) is 12.2 Å². The van der Waals surface area contributed by atoms with Gasteiger partial charge in [-0.05, 0) is 31.2 Å². The first-order chi connectivity index (χ1) is 10.0. The molecule has 1 fully saturated rings. The van der Waals surface area contributed by atoms with E-state index in [4.69, 9.17) is 14.6 Å². The van der Waals surface area contributed by atoms with Gasteiger partial charge in [0.05, 0.1) is 12.2 Å². The van der Waals surface area contributed by atoms with Crippen LogP contribution in [0.5, 0.6) is 0 Å². The largest absolute Gasteiger partial charge is 0.479 e. The number of hydrogen-bond donors (Lipinski definition) is 2. The Bertz CT molecular complexity index is 555. The van der Waals surface area contributed by atoms with E-state index < -0.39 is 30.1 Å². The van der Waals surface area contributed by atoms with Crippen molar-refractivity contribution < 1.29 is 29.0 Å². The quantitative estimate of drug-likeness (QED) is 0.799. The molecule has 0 saturated carbocycles. The van der Waals surface area contributed by atoms with Crippen LogP contribution >= 0.6 is 11.3 Å². The molecule has 2 unspecified atom stereocenters. The highest BCUT2D eigenvalue weighted by atomic mass is 32.1. The van der Waals surface area contributed by atoms with Crippen LogP contribution < -0.4 is 5.32 Å².